The minimum Gasteiger partial charge on any atom is -0.370 e. The summed E-state index contributed by atoms with van der Waals surface area (Å²) >= 11 is 1.34. The van der Waals surface area contributed by atoms with Gasteiger partial charge in [0, 0.05) is 42.7 Å². The second-order valence-electron chi connectivity index (χ2n) is 7.28. The fourth-order valence-corrected chi connectivity index (χ4v) is 4.81. The molecule has 1 aliphatic heterocycles. The molecule has 150 valence electrons. The first kappa shape index (κ1) is 18.3. The van der Waals surface area contributed by atoms with Gasteiger partial charge >= 0.3 is 0 Å². The number of nitrogens with one attached hydrogen (secondary N) is 1. The molecule has 1 N–H and O–H groups in total. The monoisotopic (exact) mass is 412 g/mol. The van der Waals surface area contributed by atoms with Crippen molar-refractivity contribution in [3.63, 3.8) is 0 Å². The highest BCUT2D eigenvalue weighted by Crippen LogP contribution is 2.40. The van der Waals surface area contributed by atoms with Gasteiger partial charge in [-0.25, -0.2) is 4.98 Å². The van der Waals surface area contributed by atoms with E-state index in [0.29, 0.717) is 36.2 Å². The summed E-state index contributed by atoms with van der Waals surface area (Å²) in [6.07, 6.45) is 3.47. The van der Waals surface area contributed by atoms with Crippen molar-refractivity contribution in [3.8, 4) is 0 Å². The number of aromatic nitrogens is 2. The summed E-state index contributed by atoms with van der Waals surface area (Å²) in [5.74, 6) is 0.838. The number of nitrogens with zero attached hydrogens (tertiary/aromatic N) is 3. The molecule has 9 heteroatoms. The average Bonchev–Trinajstić information content (AvgIpc) is 3.36. The Balaban J connectivity index is 1.44. The summed E-state index contributed by atoms with van der Waals surface area (Å²) in [6, 6.07) is 5.53. The van der Waals surface area contributed by atoms with Crippen molar-refractivity contribution in [3.05, 3.63) is 46.3 Å². The van der Waals surface area contributed by atoms with Crippen LogP contribution in [0.3, 0.4) is 0 Å². The van der Waals surface area contributed by atoms with Crippen molar-refractivity contribution in [2.45, 2.75) is 24.9 Å². The highest BCUT2D eigenvalue weighted by molar-refractivity contribution is 7.20. The number of carbonyl (C=O) groups is 2. The van der Waals surface area contributed by atoms with E-state index < -0.39 is 6.10 Å². The third-order valence-electron chi connectivity index (χ3n) is 5.34. The highest BCUT2D eigenvalue weighted by atomic mass is 32.1. The zero-order valence-electron chi connectivity index (χ0n) is 15.9. The van der Waals surface area contributed by atoms with E-state index >= 15 is 0 Å². The van der Waals surface area contributed by atoms with E-state index in [1.54, 1.807) is 24.2 Å². The number of hydrogen-bond acceptors (Lipinski definition) is 7. The van der Waals surface area contributed by atoms with Crippen LogP contribution in [0.25, 0.3) is 10.2 Å². The van der Waals surface area contributed by atoms with Crippen LogP contribution in [0.15, 0.2) is 28.9 Å². The minimum absolute atomic E-state index is 0.173. The topological polar surface area (TPSA) is 97.6 Å². The van der Waals surface area contributed by atoms with Crippen molar-refractivity contribution in [2.75, 3.05) is 26.7 Å². The van der Waals surface area contributed by atoms with Gasteiger partial charge in [0.2, 0.25) is 0 Å². The Bertz CT molecular complexity index is 1090. The molecule has 0 bridgehead atoms. The molecule has 4 heterocycles. The Morgan fingerprint density at radius 2 is 2.21 bits per heavy atom. The summed E-state index contributed by atoms with van der Waals surface area (Å²) in [5, 5.41) is 7.54. The molecule has 2 amide bonds. The standard InChI is InChI=1S/C20H20N4O4S/c1-21-18(25)17-16(12-3-2-6-22-19(12)29-17)15-10-24(7-8-27-15)20(26)13-9-14(28-23-13)11-4-5-11/h2-3,6,9,11,15H,4-5,7-8,10H2,1H3,(H,21,25)/t15-/m1/s1. The first-order valence-electron chi connectivity index (χ1n) is 9.62. The molecule has 3 aromatic rings. The summed E-state index contributed by atoms with van der Waals surface area (Å²) in [5.41, 5.74) is 1.12. The van der Waals surface area contributed by atoms with Crippen LogP contribution in [0.5, 0.6) is 0 Å². The van der Waals surface area contributed by atoms with Crippen molar-refractivity contribution in [1.82, 2.24) is 20.4 Å². The van der Waals surface area contributed by atoms with E-state index in [9.17, 15) is 9.59 Å². The van der Waals surface area contributed by atoms with E-state index in [4.69, 9.17) is 9.26 Å². The lowest BCUT2D eigenvalue weighted by Crippen LogP contribution is -2.42. The normalized spacial score (nSPS) is 19.5. The maximum atomic E-state index is 13.0. The summed E-state index contributed by atoms with van der Waals surface area (Å²) in [6.45, 7) is 1.19. The number of carbonyl (C=O) groups excluding carboxylic acids is 2. The van der Waals surface area contributed by atoms with E-state index in [1.807, 2.05) is 12.1 Å². The lowest BCUT2D eigenvalue weighted by atomic mass is 10.0. The highest BCUT2D eigenvalue weighted by Gasteiger charge is 2.34. The van der Waals surface area contributed by atoms with E-state index in [1.165, 1.54) is 11.3 Å². The van der Waals surface area contributed by atoms with Gasteiger partial charge in [0.25, 0.3) is 11.8 Å². The van der Waals surface area contributed by atoms with Gasteiger partial charge < -0.3 is 19.5 Å². The summed E-state index contributed by atoms with van der Waals surface area (Å²) in [7, 11) is 1.60. The number of hydrogen-bond donors (Lipinski definition) is 1. The first-order valence-corrected chi connectivity index (χ1v) is 10.4. The van der Waals surface area contributed by atoms with Crippen LogP contribution in [0, 0.1) is 0 Å². The maximum absolute atomic E-state index is 13.0. The van der Waals surface area contributed by atoms with E-state index in [2.05, 4.69) is 15.5 Å². The Hall–Kier alpha value is -2.78. The van der Waals surface area contributed by atoms with Gasteiger partial charge in [-0.15, -0.1) is 11.3 Å². The summed E-state index contributed by atoms with van der Waals surface area (Å²) < 4.78 is 11.3. The Kier molecular flexibility index (Phi) is 4.56. The molecule has 2 fully saturated rings. The Morgan fingerprint density at radius 3 is 3.00 bits per heavy atom. The number of morpholine rings is 1. The van der Waals surface area contributed by atoms with Gasteiger partial charge in [-0.05, 0) is 18.9 Å². The predicted molar refractivity (Wildman–Crippen MR) is 106 cm³/mol. The molecule has 0 spiro atoms. The van der Waals surface area contributed by atoms with E-state index in [0.717, 1.165) is 34.4 Å². The molecule has 0 aromatic carbocycles. The van der Waals surface area contributed by atoms with Crippen molar-refractivity contribution in [2.24, 2.45) is 0 Å². The number of rotatable bonds is 4. The van der Waals surface area contributed by atoms with Crippen LogP contribution in [0.1, 0.15) is 56.3 Å². The van der Waals surface area contributed by atoms with Crippen LogP contribution < -0.4 is 5.32 Å². The zero-order chi connectivity index (χ0) is 20.0. The predicted octanol–water partition coefficient (Wildman–Crippen LogP) is 2.74. The van der Waals surface area contributed by atoms with Crippen LogP contribution in [-0.4, -0.2) is 53.6 Å². The van der Waals surface area contributed by atoms with Crippen molar-refractivity contribution >= 4 is 33.4 Å². The van der Waals surface area contributed by atoms with Gasteiger partial charge in [0.15, 0.2) is 5.69 Å². The molecule has 3 aromatic heterocycles. The molecule has 1 atom stereocenters. The van der Waals surface area contributed by atoms with Crippen molar-refractivity contribution in [1.29, 1.82) is 0 Å². The number of ether oxygens (including phenoxy) is 1. The molecule has 1 saturated heterocycles. The average molecular weight is 412 g/mol. The first-order chi connectivity index (χ1) is 14.2. The number of amides is 2. The van der Waals surface area contributed by atoms with Crippen LogP contribution >= 0.6 is 11.3 Å². The number of thiophene rings is 1. The molecule has 0 radical (unpaired) electrons. The fourth-order valence-electron chi connectivity index (χ4n) is 3.67. The van der Waals surface area contributed by atoms with Crippen LogP contribution in [0.4, 0.5) is 0 Å². The molecule has 2 aliphatic rings. The second-order valence-corrected chi connectivity index (χ2v) is 8.28. The molecular formula is C20H20N4O4S. The molecule has 1 saturated carbocycles. The Labute approximate surface area is 170 Å². The third kappa shape index (κ3) is 3.30. The maximum Gasteiger partial charge on any atom is 0.276 e. The molecule has 8 nitrogen and oxygen atoms in total. The van der Waals surface area contributed by atoms with E-state index in [-0.39, 0.29) is 11.8 Å². The zero-order valence-corrected chi connectivity index (χ0v) is 16.7. The largest absolute Gasteiger partial charge is 0.370 e. The van der Waals surface area contributed by atoms with Gasteiger partial charge in [0.1, 0.15) is 21.6 Å². The molecule has 5 rings (SSSR count). The smallest absolute Gasteiger partial charge is 0.276 e. The van der Waals surface area contributed by atoms with Gasteiger partial charge in [-0.2, -0.15) is 0 Å². The Morgan fingerprint density at radius 1 is 1.34 bits per heavy atom. The van der Waals surface area contributed by atoms with Gasteiger partial charge in [-0.1, -0.05) is 11.2 Å². The number of pyridine rings is 1. The van der Waals surface area contributed by atoms with Crippen LogP contribution in [0.2, 0.25) is 0 Å². The lowest BCUT2D eigenvalue weighted by molar-refractivity contribution is -0.0225. The molecular weight excluding hydrogens is 392 g/mol. The van der Waals surface area contributed by atoms with Gasteiger partial charge in [0.05, 0.1) is 13.2 Å². The van der Waals surface area contributed by atoms with Crippen molar-refractivity contribution < 1.29 is 18.8 Å². The SMILES string of the molecule is CNC(=O)c1sc2ncccc2c1[C@H]1CN(C(=O)c2cc(C3CC3)on2)CCO1. The molecule has 29 heavy (non-hydrogen) atoms. The van der Waals surface area contributed by atoms with Gasteiger partial charge in [-0.3, -0.25) is 9.59 Å². The lowest BCUT2D eigenvalue weighted by Gasteiger charge is -2.32. The quantitative estimate of drug-likeness (QED) is 0.708. The number of fused-ring (bicyclic) bond motifs is 1. The van der Waals surface area contributed by atoms with Crippen LogP contribution in [-0.2, 0) is 4.74 Å². The molecule has 0 unspecified atom stereocenters. The summed E-state index contributed by atoms with van der Waals surface area (Å²) in [4.78, 5) is 32.9. The third-order valence-corrected chi connectivity index (χ3v) is 6.47. The minimum atomic E-state index is -0.409. The molecule has 1 aliphatic carbocycles. The fraction of sp³-hybridized carbons (Fsp3) is 0.400. The second kappa shape index (κ2) is 7.23.